The summed E-state index contributed by atoms with van der Waals surface area (Å²) in [6, 6.07) is 0. The van der Waals surface area contributed by atoms with Crippen LogP contribution in [-0.4, -0.2) is 30.7 Å². The topological polar surface area (TPSA) is 96.2 Å². The lowest BCUT2D eigenvalue weighted by atomic mass is 10.3. The third-order valence-electron chi connectivity index (χ3n) is 0.907. The summed E-state index contributed by atoms with van der Waals surface area (Å²) in [6.07, 6.45) is 3.93. The molecular weight excluding hydrogens is 168 g/mol. The Hall–Kier alpha value is -1.52. The predicted molar refractivity (Wildman–Crippen MR) is 54.2 cm³/mol. The molecule has 0 amide bonds. The van der Waals surface area contributed by atoms with Crippen LogP contribution in [0.5, 0.6) is 0 Å². The molecule has 0 aromatic carbocycles. The van der Waals surface area contributed by atoms with E-state index >= 15 is 0 Å². The van der Waals surface area contributed by atoms with Crippen LogP contribution in [0.15, 0.2) is 12.3 Å². The number of allylic oxidation sites excluding steroid dienone is 1. The van der Waals surface area contributed by atoms with Gasteiger partial charge in [-0.05, 0) is 6.08 Å². The second-order valence-corrected chi connectivity index (χ2v) is 2.55. The van der Waals surface area contributed by atoms with Gasteiger partial charge < -0.3 is 16.4 Å². The van der Waals surface area contributed by atoms with Crippen LogP contribution in [0.1, 0.15) is 13.3 Å². The number of carbonyl (C=O) groups is 1. The van der Waals surface area contributed by atoms with E-state index in [4.69, 9.17) is 5.41 Å². The van der Waals surface area contributed by atoms with E-state index in [9.17, 15) is 4.79 Å². The fraction of sp³-hybridized carbons (Fsp3) is 0.500. The molecule has 0 unspecified atom stereocenters. The van der Waals surface area contributed by atoms with Gasteiger partial charge in [0, 0.05) is 26.7 Å². The lowest BCUT2D eigenvalue weighted by Crippen LogP contribution is -2.20. The van der Waals surface area contributed by atoms with E-state index in [2.05, 4.69) is 11.5 Å². The summed E-state index contributed by atoms with van der Waals surface area (Å²) in [6.45, 7) is 1.85. The molecule has 5 nitrogen and oxygen atoms in total. The zero-order valence-corrected chi connectivity index (χ0v) is 8.37. The van der Waals surface area contributed by atoms with Crippen LogP contribution in [0.25, 0.3) is 0 Å². The molecule has 76 valence electrons. The average molecular weight is 186 g/mol. The maximum atomic E-state index is 10.6. The summed E-state index contributed by atoms with van der Waals surface area (Å²) in [5.74, 6) is -0.163. The Kier molecular flexibility index (Phi) is 9.25. The number of nitrogens with two attached hydrogens (primary N) is 2. The summed E-state index contributed by atoms with van der Waals surface area (Å²) in [5, 5.41) is 6.06. The van der Waals surface area contributed by atoms with Crippen molar-refractivity contribution in [1.29, 1.82) is 5.41 Å². The Morgan fingerprint density at radius 3 is 2.08 bits per heavy atom. The van der Waals surface area contributed by atoms with Crippen molar-refractivity contribution in [3.8, 4) is 0 Å². The Labute approximate surface area is 78.9 Å². The molecule has 0 aromatic heterocycles. The van der Waals surface area contributed by atoms with E-state index in [-0.39, 0.29) is 11.7 Å². The predicted octanol–water partition coefficient (Wildman–Crippen LogP) is -0.121. The number of nitrogens with one attached hydrogen (secondary N) is 1. The van der Waals surface area contributed by atoms with Gasteiger partial charge in [0.25, 0.3) is 0 Å². The number of hydrogen-bond acceptors (Lipinski definition) is 3. The second-order valence-electron chi connectivity index (χ2n) is 2.55. The van der Waals surface area contributed by atoms with E-state index in [0.29, 0.717) is 6.42 Å². The Balaban J connectivity index is 0. The van der Waals surface area contributed by atoms with Crippen LogP contribution in [-0.2, 0) is 4.79 Å². The maximum Gasteiger partial charge on any atom is 0.183 e. The van der Waals surface area contributed by atoms with Gasteiger partial charge in [-0.1, -0.05) is 6.92 Å². The third-order valence-corrected chi connectivity index (χ3v) is 0.907. The molecule has 13 heavy (non-hydrogen) atoms. The van der Waals surface area contributed by atoms with Crippen molar-refractivity contribution in [2.75, 3.05) is 14.1 Å². The standard InChI is InChI=1S/C7H13NO.CH5N3/c1-4-7(9)5-6-8(2)3;2-1(3)4/h5-6H,4H2,1-3H3;(H5,2,3,4). The van der Waals surface area contributed by atoms with Crippen molar-refractivity contribution in [2.24, 2.45) is 11.5 Å². The first-order chi connectivity index (χ1) is 5.90. The van der Waals surface area contributed by atoms with Gasteiger partial charge in [0.05, 0.1) is 0 Å². The summed E-state index contributed by atoms with van der Waals surface area (Å²) in [7, 11) is 3.78. The van der Waals surface area contributed by atoms with E-state index in [0.717, 1.165) is 0 Å². The highest BCUT2D eigenvalue weighted by Gasteiger charge is 1.87. The zero-order valence-electron chi connectivity index (χ0n) is 8.37. The zero-order chi connectivity index (χ0) is 10.9. The molecule has 0 heterocycles. The molecule has 0 atom stereocenters. The van der Waals surface area contributed by atoms with Gasteiger partial charge in [-0.25, -0.2) is 0 Å². The molecule has 0 fully saturated rings. The Morgan fingerprint density at radius 2 is 1.85 bits per heavy atom. The van der Waals surface area contributed by atoms with E-state index in [1.54, 1.807) is 12.3 Å². The molecule has 0 spiro atoms. The first-order valence-electron chi connectivity index (χ1n) is 3.87. The summed E-state index contributed by atoms with van der Waals surface area (Å²) in [5.41, 5.74) is 8.94. The number of rotatable bonds is 3. The molecule has 0 saturated heterocycles. The minimum Gasteiger partial charge on any atom is -0.383 e. The van der Waals surface area contributed by atoms with Crippen LogP contribution in [0.2, 0.25) is 0 Å². The van der Waals surface area contributed by atoms with Crippen LogP contribution < -0.4 is 11.5 Å². The van der Waals surface area contributed by atoms with Crippen molar-refractivity contribution < 1.29 is 4.79 Å². The fourth-order valence-electron chi connectivity index (χ4n) is 0.350. The third kappa shape index (κ3) is 25.1. The summed E-state index contributed by atoms with van der Waals surface area (Å²) in [4.78, 5) is 12.4. The fourth-order valence-corrected chi connectivity index (χ4v) is 0.350. The SMILES string of the molecule is CCC(=O)C=CN(C)C.N=C(N)N. The number of hydrogen-bond donors (Lipinski definition) is 3. The van der Waals surface area contributed by atoms with Crippen molar-refractivity contribution in [2.45, 2.75) is 13.3 Å². The smallest absolute Gasteiger partial charge is 0.183 e. The number of guanidine groups is 1. The molecule has 5 heteroatoms. The second kappa shape index (κ2) is 8.58. The molecule has 0 aliphatic heterocycles. The highest BCUT2D eigenvalue weighted by atomic mass is 16.1. The molecule has 0 bridgehead atoms. The van der Waals surface area contributed by atoms with Gasteiger partial charge in [0.15, 0.2) is 11.7 Å². The van der Waals surface area contributed by atoms with Gasteiger partial charge in [-0.2, -0.15) is 0 Å². The van der Waals surface area contributed by atoms with Crippen LogP contribution in [0.4, 0.5) is 0 Å². The number of ketones is 1. The summed E-state index contributed by atoms with van der Waals surface area (Å²) >= 11 is 0. The van der Waals surface area contributed by atoms with Gasteiger partial charge in [0.2, 0.25) is 0 Å². The monoisotopic (exact) mass is 186 g/mol. The summed E-state index contributed by atoms with van der Waals surface area (Å²) < 4.78 is 0. The first-order valence-corrected chi connectivity index (χ1v) is 3.87. The number of nitrogens with zero attached hydrogens (tertiary/aromatic N) is 1. The lowest BCUT2D eigenvalue weighted by Gasteiger charge is -2.01. The molecule has 0 aliphatic carbocycles. The quantitative estimate of drug-likeness (QED) is 0.325. The van der Waals surface area contributed by atoms with Gasteiger partial charge in [-0.15, -0.1) is 0 Å². The Bertz CT molecular complexity index is 183. The average Bonchev–Trinajstić information content (AvgIpc) is 1.99. The van der Waals surface area contributed by atoms with Gasteiger partial charge in [-0.3, -0.25) is 10.2 Å². The lowest BCUT2D eigenvalue weighted by molar-refractivity contribution is -0.114. The highest BCUT2D eigenvalue weighted by Crippen LogP contribution is 1.83. The number of carbonyl (C=O) groups excluding carboxylic acids is 1. The van der Waals surface area contributed by atoms with Crippen LogP contribution in [0, 0.1) is 5.41 Å². The van der Waals surface area contributed by atoms with Crippen LogP contribution in [0.3, 0.4) is 0 Å². The minimum atomic E-state index is -0.333. The van der Waals surface area contributed by atoms with E-state index in [1.807, 2.05) is 25.9 Å². The molecule has 0 rings (SSSR count). The van der Waals surface area contributed by atoms with Crippen molar-refractivity contribution in [3.05, 3.63) is 12.3 Å². The minimum absolute atomic E-state index is 0.170. The molecular formula is C8H18N4O. The normalized spacial score (nSPS) is 8.85. The van der Waals surface area contributed by atoms with Crippen molar-refractivity contribution in [3.63, 3.8) is 0 Å². The largest absolute Gasteiger partial charge is 0.383 e. The van der Waals surface area contributed by atoms with Gasteiger partial charge in [0.1, 0.15) is 0 Å². The Morgan fingerprint density at radius 1 is 1.46 bits per heavy atom. The molecule has 0 aromatic rings. The van der Waals surface area contributed by atoms with Gasteiger partial charge >= 0.3 is 0 Å². The molecule has 0 aliphatic rings. The van der Waals surface area contributed by atoms with Crippen molar-refractivity contribution in [1.82, 2.24) is 4.90 Å². The highest BCUT2D eigenvalue weighted by molar-refractivity contribution is 5.89. The first kappa shape index (κ1) is 14.0. The van der Waals surface area contributed by atoms with E-state index in [1.165, 1.54) is 0 Å². The maximum absolute atomic E-state index is 10.6. The van der Waals surface area contributed by atoms with E-state index < -0.39 is 0 Å². The molecule has 0 saturated carbocycles. The van der Waals surface area contributed by atoms with Crippen LogP contribution >= 0.6 is 0 Å². The molecule has 0 radical (unpaired) electrons. The molecule has 5 N–H and O–H groups in total. The van der Waals surface area contributed by atoms with Crippen molar-refractivity contribution >= 4 is 11.7 Å².